The first kappa shape index (κ1) is 24.3. The van der Waals surface area contributed by atoms with E-state index in [9.17, 15) is 18.7 Å². The van der Waals surface area contributed by atoms with Crippen molar-refractivity contribution in [2.45, 2.75) is 50.5 Å². The Morgan fingerprint density at radius 1 is 1.31 bits per heavy atom. The molecule has 1 aliphatic rings. The van der Waals surface area contributed by atoms with Crippen molar-refractivity contribution >= 4 is 17.5 Å². The van der Waals surface area contributed by atoms with E-state index in [0.29, 0.717) is 25.8 Å². The molecule has 1 saturated carbocycles. The van der Waals surface area contributed by atoms with E-state index >= 15 is 0 Å². The second kappa shape index (κ2) is 9.67. The van der Waals surface area contributed by atoms with Crippen molar-refractivity contribution in [3.63, 3.8) is 0 Å². The van der Waals surface area contributed by atoms with Crippen LogP contribution < -0.4 is 5.32 Å². The van der Waals surface area contributed by atoms with Gasteiger partial charge < -0.3 is 15.3 Å². The maximum Gasteiger partial charge on any atom is 0.251 e. The average molecular weight is 467 g/mol. The standard InChI is InChI=1S/C23H29ClF2N4O2/c1-22(25,26)23(7-8-23)17(21-27-9-4-10-28-21)13-20(32)29-14-16(30(2)3)11-15-5-6-19(31)18(24)12-15/h4-6,9-10,12,16-17,31H,7-8,11,13-14H2,1-3H3,(H,29,32)/t16-,17?/m0/s1. The van der Waals surface area contributed by atoms with Crippen molar-refractivity contribution in [3.8, 4) is 5.75 Å². The number of benzene rings is 1. The van der Waals surface area contributed by atoms with E-state index in [1.165, 1.54) is 18.5 Å². The fourth-order valence-electron chi connectivity index (χ4n) is 4.13. The molecule has 1 aliphatic carbocycles. The molecule has 0 saturated heterocycles. The van der Waals surface area contributed by atoms with Crippen LogP contribution in [0.3, 0.4) is 0 Å². The highest BCUT2D eigenvalue weighted by atomic mass is 35.5. The first-order chi connectivity index (χ1) is 15.0. The number of carbonyl (C=O) groups is 1. The molecular formula is C23H29ClF2N4O2. The SMILES string of the molecule is CN(C)[C@H](CNC(=O)CC(c1ncccn1)C1(C(C)(F)F)CC1)Cc1ccc(O)c(Cl)c1. The van der Waals surface area contributed by atoms with Crippen molar-refractivity contribution < 1.29 is 18.7 Å². The van der Waals surface area contributed by atoms with Gasteiger partial charge in [-0.2, -0.15) is 0 Å². The molecule has 1 aromatic carbocycles. The zero-order valence-corrected chi connectivity index (χ0v) is 19.2. The summed E-state index contributed by atoms with van der Waals surface area (Å²) in [6.07, 6.45) is 4.21. The van der Waals surface area contributed by atoms with Crippen molar-refractivity contribution in [1.29, 1.82) is 0 Å². The van der Waals surface area contributed by atoms with Gasteiger partial charge in [-0.05, 0) is 64.0 Å². The zero-order valence-electron chi connectivity index (χ0n) is 18.5. The fraction of sp³-hybridized carbons (Fsp3) is 0.522. The van der Waals surface area contributed by atoms with Gasteiger partial charge in [0.2, 0.25) is 5.91 Å². The molecule has 0 aliphatic heterocycles. The lowest BCUT2D eigenvalue weighted by atomic mass is 9.80. The van der Waals surface area contributed by atoms with E-state index in [0.717, 1.165) is 12.5 Å². The first-order valence-electron chi connectivity index (χ1n) is 10.6. The number of aromatic hydroxyl groups is 1. The molecule has 1 heterocycles. The van der Waals surface area contributed by atoms with Crippen LogP contribution in [0.25, 0.3) is 0 Å². The van der Waals surface area contributed by atoms with Gasteiger partial charge in [0.25, 0.3) is 5.92 Å². The Bertz CT molecular complexity index is 933. The smallest absolute Gasteiger partial charge is 0.251 e. The summed E-state index contributed by atoms with van der Waals surface area (Å²) in [5, 5.41) is 12.8. The Balaban J connectivity index is 1.68. The van der Waals surface area contributed by atoms with Crippen LogP contribution in [0.2, 0.25) is 5.02 Å². The number of phenols is 1. The minimum Gasteiger partial charge on any atom is -0.506 e. The number of hydrogen-bond donors (Lipinski definition) is 2. The van der Waals surface area contributed by atoms with Crippen molar-refractivity contribution in [2.24, 2.45) is 5.41 Å². The lowest BCUT2D eigenvalue weighted by Gasteiger charge is -2.31. The van der Waals surface area contributed by atoms with Gasteiger partial charge in [0, 0.05) is 42.7 Å². The second-order valence-electron chi connectivity index (χ2n) is 8.82. The molecule has 2 atom stereocenters. The summed E-state index contributed by atoms with van der Waals surface area (Å²) in [5.74, 6) is -3.70. The molecule has 1 aromatic heterocycles. The maximum absolute atomic E-state index is 14.4. The van der Waals surface area contributed by atoms with Crippen LogP contribution in [-0.4, -0.2) is 58.5 Å². The molecule has 6 nitrogen and oxygen atoms in total. The first-order valence-corrected chi connectivity index (χ1v) is 11.0. The van der Waals surface area contributed by atoms with E-state index in [2.05, 4.69) is 15.3 Å². The second-order valence-corrected chi connectivity index (χ2v) is 9.23. The number of aromatic nitrogens is 2. The quantitative estimate of drug-likeness (QED) is 0.552. The number of phenolic OH excluding ortho intramolecular Hbond substituents is 1. The molecule has 174 valence electrons. The number of alkyl halides is 2. The van der Waals surface area contributed by atoms with Crippen LogP contribution in [0.4, 0.5) is 8.78 Å². The van der Waals surface area contributed by atoms with Gasteiger partial charge in [0.05, 0.1) is 5.02 Å². The largest absolute Gasteiger partial charge is 0.506 e. The van der Waals surface area contributed by atoms with Crippen LogP contribution in [0.5, 0.6) is 5.75 Å². The monoisotopic (exact) mass is 466 g/mol. The highest BCUT2D eigenvalue weighted by Crippen LogP contribution is 2.65. The minimum absolute atomic E-state index is 0.0148. The lowest BCUT2D eigenvalue weighted by molar-refractivity contribution is -0.124. The number of nitrogens with one attached hydrogen (secondary N) is 1. The summed E-state index contributed by atoms with van der Waals surface area (Å²) in [7, 11) is 3.80. The van der Waals surface area contributed by atoms with E-state index in [-0.39, 0.29) is 35.0 Å². The molecule has 1 unspecified atom stereocenters. The van der Waals surface area contributed by atoms with E-state index in [4.69, 9.17) is 11.6 Å². The summed E-state index contributed by atoms with van der Waals surface area (Å²) in [5.41, 5.74) is -0.367. The molecule has 0 radical (unpaired) electrons. The van der Waals surface area contributed by atoms with Gasteiger partial charge in [-0.3, -0.25) is 4.79 Å². The van der Waals surface area contributed by atoms with Gasteiger partial charge in [-0.15, -0.1) is 0 Å². The Hall–Kier alpha value is -2.32. The van der Waals surface area contributed by atoms with Crippen LogP contribution in [0.15, 0.2) is 36.7 Å². The fourth-order valence-corrected chi connectivity index (χ4v) is 4.33. The van der Waals surface area contributed by atoms with Gasteiger partial charge in [-0.25, -0.2) is 18.7 Å². The lowest BCUT2D eigenvalue weighted by Crippen LogP contribution is -2.43. The molecule has 0 spiro atoms. The van der Waals surface area contributed by atoms with Crippen LogP contribution in [0.1, 0.15) is 43.5 Å². The Kier molecular flexibility index (Phi) is 7.35. The summed E-state index contributed by atoms with van der Waals surface area (Å²) in [6, 6.07) is 6.59. The third-order valence-corrected chi connectivity index (χ3v) is 6.67. The Labute approximate surface area is 192 Å². The number of rotatable bonds is 10. The molecule has 2 aromatic rings. The minimum atomic E-state index is -2.93. The van der Waals surface area contributed by atoms with Gasteiger partial charge in [0.1, 0.15) is 11.6 Å². The van der Waals surface area contributed by atoms with E-state index in [1.807, 2.05) is 19.0 Å². The summed E-state index contributed by atoms with van der Waals surface area (Å²) < 4.78 is 28.9. The molecule has 2 N–H and O–H groups in total. The van der Waals surface area contributed by atoms with E-state index < -0.39 is 17.3 Å². The number of amides is 1. The van der Waals surface area contributed by atoms with Crippen LogP contribution in [-0.2, 0) is 11.2 Å². The number of likely N-dealkylation sites (N-methyl/N-ethyl adjacent to an activating group) is 1. The molecular weight excluding hydrogens is 438 g/mol. The number of nitrogens with zero attached hydrogens (tertiary/aromatic N) is 3. The van der Waals surface area contributed by atoms with Crippen molar-refractivity contribution in [1.82, 2.24) is 20.2 Å². The number of carbonyl (C=O) groups excluding carboxylic acids is 1. The zero-order chi connectivity index (χ0) is 23.5. The van der Waals surface area contributed by atoms with Crippen LogP contribution >= 0.6 is 11.6 Å². The van der Waals surface area contributed by atoms with Gasteiger partial charge in [0.15, 0.2) is 0 Å². The summed E-state index contributed by atoms with van der Waals surface area (Å²) in [6.45, 7) is 1.25. The maximum atomic E-state index is 14.4. The van der Waals surface area contributed by atoms with Crippen molar-refractivity contribution in [3.05, 3.63) is 53.1 Å². The predicted molar refractivity (Wildman–Crippen MR) is 119 cm³/mol. The normalized spacial score (nSPS) is 17.1. The average Bonchev–Trinajstić information content (AvgIpc) is 3.54. The predicted octanol–water partition coefficient (Wildman–Crippen LogP) is 4.03. The number of hydrogen-bond acceptors (Lipinski definition) is 5. The topological polar surface area (TPSA) is 78.4 Å². The Morgan fingerprint density at radius 3 is 2.50 bits per heavy atom. The summed E-state index contributed by atoms with van der Waals surface area (Å²) in [4.78, 5) is 23.2. The number of halogens is 3. The highest BCUT2D eigenvalue weighted by Gasteiger charge is 2.64. The molecule has 1 amide bonds. The van der Waals surface area contributed by atoms with E-state index in [1.54, 1.807) is 18.2 Å². The third-order valence-electron chi connectivity index (χ3n) is 6.37. The molecule has 3 rings (SSSR count). The molecule has 32 heavy (non-hydrogen) atoms. The molecule has 0 bridgehead atoms. The Morgan fingerprint density at radius 2 is 1.97 bits per heavy atom. The third kappa shape index (κ3) is 5.53. The van der Waals surface area contributed by atoms with Crippen molar-refractivity contribution in [2.75, 3.05) is 20.6 Å². The van der Waals surface area contributed by atoms with Crippen LogP contribution in [0, 0.1) is 5.41 Å². The molecule has 9 heteroatoms. The van der Waals surface area contributed by atoms with Gasteiger partial charge in [-0.1, -0.05) is 17.7 Å². The summed E-state index contributed by atoms with van der Waals surface area (Å²) >= 11 is 6.00. The highest BCUT2D eigenvalue weighted by molar-refractivity contribution is 6.32. The van der Waals surface area contributed by atoms with Gasteiger partial charge >= 0.3 is 0 Å². The molecule has 1 fully saturated rings.